The third-order valence-corrected chi connectivity index (χ3v) is 6.76. The molecule has 2 aliphatic rings. The van der Waals surface area contributed by atoms with Gasteiger partial charge in [-0.2, -0.15) is 5.10 Å². The Balaban J connectivity index is 1.49. The van der Waals surface area contributed by atoms with E-state index in [1.165, 1.54) is 12.8 Å². The van der Waals surface area contributed by atoms with Crippen molar-refractivity contribution in [3.05, 3.63) is 59.0 Å². The van der Waals surface area contributed by atoms with Gasteiger partial charge >= 0.3 is 0 Å². The monoisotopic (exact) mass is 453 g/mol. The Morgan fingerprint density at radius 3 is 2.66 bits per heavy atom. The summed E-state index contributed by atoms with van der Waals surface area (Å²) in [5, 5.41) is 4.73. The molecule has 1 atom stereocenters. The zero-order valence-corrected chi connectivity index (χ0v) is 19.1. The van der Waals surface area contributed by atoms with Gasteiger partial charge in [0, 0.05) is 30.4 Å². The summed E-state index contributed by atoms with van der Waals surface area (Å²) in [6.45, 7) is 2.49. The Hall–Kier alpha value is -2.94. The lowest BCUT2D eigenvalue weighted by atomic mass is 9.97. The largest absolute Gasteiger partial charge is 0.330 e. The molecule has 1 saturated carbocycles. The van der Waals surface area contributed by atoms with E-state index < -0.39 is 10.0 Å². The van der Waals surface area contributed by atoms with Crippen molar-refractivity contribution in [1.82, 2.24) is 19.5 Å². The number of aromatic nitrogens is 3. The summed E-state index contributed by atoms with van der Waals surface area (Å²) in [5.74, 6) is 0.376. The van der Waals surface area contributed by atoms with Gasteiger partial charge in [-0.15, -0.1) is 0 Å². The number of nitrogens with zero attached hydrogens (tertiary/aromatic N) is 4. The highest BCUT2D eigenvalue weighted by Crippen LogP contribution is 2.39. The summed E-state index contributed by atoms with van der Waals surface area (Å²) < 4.78 is 28.0. The number of hydrogen-bond acceptors (Lipinski definition) is 5. The molecule has 3 aromatic rings. The Morgan fingerprint density at radius 2 is 1.91 bits per heavy atom. The van der Waals surface area contributed by atoms with Crippen LogP contribution in [-0.2, 0) is 10.0 Å². The van der Waals surface area contributed by atoms with Gasteiger partial charge in [-0.05, 0) is 57.2 Å². The van der Waals surface area contributed by atoms with E-state index in [0.717, 1.165) is 48.1 Å². The van der Waals surface area contributed by atoms with Crippen molar-refractivity contribution < 1.29 is 13.2 Å². The summed E-state index contributed by atoms with van der Waals surface area (Å²) in [6.07, 6.45) is 8.13. The molecule has 5 rings (SSSR count). The van der Waals surface area contributed by atoms with Gasteiger partial charge in [0.25, 0.3) is 5.91 Å². The average molecular weight is 454 g/mol. The van der Waals surface area contributed by atoms with Gasteiger partial charge in [-0.1, -0.05) is 11.6 Å². The van der Waals surface area contributed by atoms with Crippen molar-refractivity contribution >= 4 is 27.3 Å². The molecule has 3 heterocycles. The van der Waals surface area contributed by atoms with E-state index in [0.29, 0.717) is 23.7 Å². The summed E-state index contributed by atoms with van der Waals surface area (Å²) in [5.41, 5.74) is 4.29. The van der Waals surface area contributed by atoms with Gasteiger partial charge < -0.3 is 4.90 Å². The van der Waals surface area contributed by atoms with Gasteiger partial charge in [0.15, 0.2) is 5.65 Å². The average Bonchev–Trinajstić information content (AvgIpc) is 3.52. The lowest BCUT2D eigenvalue weighted by molar-refractivity contribution is 0.0606. The van der Waals surface area contributed by atoms with Crippen molar-refractivity contribution in [2.45, 2.75) is 51.0 Å². The van der Waals surface area contributed by atoms with Crippen molar-refractivity contribution in [3.8, 4) is 0 Å². The van der Waals surface area contributed by atoms with Crippen molar-refractivity contribution in [1.29, 1.82) is 0 Å². The zero-order valence-electron chi connectivity index (χ0n) is 18.3. The first kappa shape index (κ1) is 20.9. The second-order valence-electron chi connectivity index (χ2n) is 8.93. The first-order chi connectivity index (χ1) is 15.3. The minimum absolute atomic E-state index is 0.172. The molecule has 32 heavy (non-hydrogen) atoms. The van der Waals surface area contributed by atoms with Crippen molar-refractivity contribution in [2.75, 3.05) is 17.5 Å². The third-order valence-electron chi connectivity index (χ3n) is 6.17. The molecular weight excluding hydrogens is 426 g/mol. The first-order valence-corrected chi connectivity index (χ1v) is 12.9. The van der Waals surface area contributed by atoms with Gasteiger partial charge in [0.2, 0.25) is 10.0 Å². The minimum Gasteiger partial charge on any atom is -0.330 e. The van der Waals surface area contributed by atoms with Crippen LogP contribution in [-0.4, -0.2) is 46.6 Å². The summed E-state index contributed by atoms with van der Waals surface area (Å²) in [6, 6.07) is 9.03. The van der Waals surface area contributed by atoms with E-state index in [2.05, 4.69) is 4.72 Å². The molecule has 8 nitrogen and oxygen atoms in total. The van der Waals surface area contributed by atoms with Crippen molar-refractivity contribution in [3.63, 3.8) is 0 Å². The molecule has 0 radical (unpaired) electrons. The Morgan fingerprint density at radius 1 is 1.09 bits per heavy atom. The SMILES string of the molecule is Cc1ccc(NS(C)(=O)=O)c(C(=O)N2CCCC[C@H]2c2cc3nc(C4CC4)ccn3n2)c1. The van der Waals surface area contributed by atoms with Gasteiger partial charge in [-0.25, -0.2) is 17.9 Å². The van der Waals surface area contributed by atoms with Crippen LogP contribution in [0.25, 0.3) is 5.65 Å². The van der Waals surface area contributed by atoms with Crippen molar-refractivity contribution in [2.24, 2.45) is 0 Å². The van der Waals surface area contributed by atoms with Gasteiger partial charge in [0.05, 0.1) is 29.2 Å². The molecule has 1 aliphatic carbocycles. The number of aryl methyl sites for hydroxylation is 1. The molecule has 1 N–H and O–H groups in total. The van der Waals surface area contributed by atoms with Gasteiger partial charge in [-0.3, -0.25) is 9.52 Å². The molecule has 1 saturated heterocycles. The highest BCUT2D eigenvalue weighted by atomic mass is 32.2. The topological polar surface area (TPSA) is 96.7 Å². The second-order valence-corrected chi connectivity index (χ2v) is 10.7. The van der Waals surface area contributed by atoms with Crippen LogP contribution in [0.3, 0.4) is 0 Å². The minimum atomic E-state index is -3.51. The third kappa shape index (κ3) is 4.21. The Kier molecular flexibility index (Phi) is 5.16. The fraction of sp³-hybridized carbons (Fsp3) is 0.435. The molecule has 1 amide bonds. The highest BCUT2D eigenvalue weighted by Gasteiger charge is 2.32. The van der Waals surface area contributed by atoms with E-state index in [-0.39, 0.29) is 11.9 Å². The maximum Gasteiger partial charge on any atom is 0.256 e. The lowest BCUT2D eigenvalue weighted by Gasteiger charge is -2.35. The molecular formula is C23H27N5O3S. The number of carbonyl (C=O) groups excluding carboxylic acids is 1. The van der Waals surface area contributed by atoms with E-state index in [1.807, 2.05) is 30.2 Å². The maximum atomic E-state index is 13.7. The normalized spacial score (nSPS) is 19.3. The number of likely N-dealkylation sites (tertiary alicyclic amines) is 1. The van der Waals surface area contributed by atoms with Crippen LogP contribution >= 0.6 is 0 Å². The smallest absolute Gasteiger partial charge is 0.256 e. The molecule has 1 aromatic carbocycles. The number of anilines is 1. The highest BCUT2D eigenvalue weighted by molar-refractivity contribution is 7.92. The number of benzene rings is 1. The van der Waals surface area contributed by atoms with Crippen LogP contribution in [0.5, 0.6) is 0 Å². The predicted molar refractivity (Wildman–Crippen MR) is 122 cm³/mol. The number of amides is 1. The molecule has 1 aliphatic heterocycles. The molecule has 2 aromatic heterocycles. The fourth-order valence-electron chi connectivity index (χ4n) is 4.44. The molecule has 0 unspecified atom stereocenters. The van der Waals surface area contributed by atoms with Crippen LogP contribution < -0.4 is 4.72 Å². The number of nitrogens with one attached hydrogen (secondary N) is 1. The number of sulfonamides is 1. The first-order valence-electron chi connectivity index (χ1n) is 11.0. The molecule has 2 fully saturated rings. The number of carbonyl (C=O) groups is 1. The van der Waals surface area contributed by atoms with E-state index in [9.17, 15) is 13.2 Å². The van der Waals surface area contributed by atoms with E-state index in [1.54, 1.807) is 22.7 Å². The number of fused-ring (bicyclic) bond motifs is 1. The Labute approximate surface area is 187 Å². The van der Waals surface area contributed by atoms with Crippen LogP contribution in [0, 0.1) is 6.92 Å². The quantitative estimate of drug-likeness (QED) is 0.636. The van der Waals surface area contributed by atoms with E-state index >= 15 is 0 Å². The number of piperidine rings is 1. The van der Waals surface area contributed by atoms with Crippen LogP contribution in [0.1, 0.15) is 71.4 Å². The van der Waals surface area contributed by atoms with Crippen LogP contribution in [0.15, 0.2) is 36.5 Å². The standard InChI is InChI=1S/C23H27N5O3S/c1-15-6-9-19(26-32(2,30)31)17(13-15)23(29)27-11-4-3-5-21(27)20-14-22-24-18(16-7-8-16)10-12-28(22)25-20/h6,9-10,12-14,16,21,26H,3-5,7-8,11H2,1-2H3/t21-/m0/s1. The molecule has 0 bridgehead atoms. The van der Waals surface area contributed by atoms with E-state index in [4.69, 9.17) is 10.1 Å². The maximum absolute atomic E-state index is 13.7. The number of hydrogen-bond donors (Lipinski definition) is 1. The van der Waals surface area contributed by atoms with Crippen LogP contribution in [0.2, 0.25) is 0 Å². The lowest BCUT2D eigenvalue weighted by Crippen LogP contribution is -2.39. The van der Waals surface area contributed by atoms with Gasteiger partial charge in [0.1, 0.15) is 0 Å². The summed E-state index contributed by atoms with van der Waals surface area (Å²) in [4.78, 5) is 20.2. The second kappa shape index (κ2) is 7.88. The van der Waals surface area contributed by atoms with Crippen LogP contribution in [0.4, 0.5) is 5.69 Å². The Bertz CT molecular complexity index is 1300. The predicted octanol–water partition coefficient (Wildman–Crippen LogP) is 3.65. The summed E-state index contributed by atoms with van der Waals surface area (Å²) >= 11 is 0. The molecule has 9 heteroatoms. The molecule has 0 spiro atoms. The summed E-state index contributed by atoms with van der Waals surface area (Å²) in [7, 11) is -3.51. The fourth-order valence-corrected chi connectivity index (χ4v) is 5.02. The molecule has 168 valence electrons. The zero-order chi connectivity index (χ0) is 22.5. The number of rotatable bonds is 5.